The van der Waals surface area contributed by atoms with Crippen molar-refractivity contribution in [3.05, 3.63) is 72.8 Å². The molecule has 2 aromatic carbocycles. The summed E-state index contributed by atoms with van der Waals surface area (Å²) < 4.78 is 12.4. The van der Waals surface area contributed by atoms with Crippen LogP contribution in [-0.4, -0.2) is 34.9 Å². The molecule has 0 fully saturated rings. The summed E-state index contributed by atoms with van der Waals surface area (Å²) in [7, 11) is 1.59. The van der Waals surface area contributed by atoms with Crippen LogP contribution in [0.15, 0.2) is 72.4 Å². The number of rotatable bonds is 7. The molecular weight excluding hydrogens is 344 g/mol. The van der Waals surface area contributed by atoms with E-state index in [-0.39, 0.29) is 12.5 Å². The number of benzene rings is 2. The molecule has 0 atom stereocenters. The molecule has 3 rings (SSSR count). The Kier molecular flexibility index (Phi) is 5.84. The molecule has 7 heteroatoms. The highest BCUT2D eigenvalue weighted by Crippen LogP contribution is 2.16. The maximum Gasteiger partial charge on any atom is 0.277 e. The van der Waals surface area contributed by atoms with Gasteiger partial charge < -0.3 is 14.0 Å². The van der Waals surface area contributed by atoms with Crippen molar-refractivity contribution in [2.75, 3.05) is 13.7 Å². The Morgan fingerprint density at radius 1 is 1.11 bits per heavy atom. The SMILES string of the molecule is COc1ccc(OCC(=O)N/N=C(/C)c2ccc(-n3ccnc3)cc2)cc1. The molecule has 0 aliphatic carbocycles. The highest BCUT2D eigenvalue weighted by Gasteiger charge is 2.04. The summed E-state index contributed by atoms with van der Waals surface area (Å²) in [6.07, 6.45) is 5.34. The number of hydrogen-bond donors (Lipinski definition) is 1. The quantitative estimate of drug-likeness (QED) is 0.517. The molecule has 0 unspecified atom stereocenters. The lowest BCUT2D eigenvalue weighted by atomic mass is 10.1. The fourth-order valence-electron chi connectivity index (χ4n) is 2.35. The lowest BCUT2D eigenvalue weighted by molar-refractivity contribution is -0.123. The van der Waals surface area contributed by atoms with Gasteiger partial charge >= 0.3 is 0 Å². The van der Waals surface area contributed by atoms with Crippen LogP contribution in [0, 0.1) is 0 Å². The van der Waals surface area contributed by atoms with Crippen LogP contribution in [0.1, 0.15) is 12.5 Å². The summed E-state index contributed by atoms with van der Waals surface area (Å²) in [6.45, 7) is 1.71. The fraction of sp³-hybridized carbons (Fsp3) is 0.150. The van der Waals surface area contributed by atoms with Gasteiger partial charge in [-0.3, -0.25) is 4.79 Å². The molecule has 0 aliphatic heterocycles. The van der Waals surface area contributed by atoms with Crippen molar-refractivity contribution >= 4 is 11.6 Å². The molecule has 0 bridgehead atoms. The van der Waals surface area contributed by atoms with Gasteiger partial charge in [-0.25, -0.2) is 10.4 Å². The molecule has 1 heterocycles. The Labute approximate surface area is 157 Å². The number of carbonyl (C=O) groups excluding carboxylic acids is 1. The number of imidazole rings is 1. The van der Waals surface area contributed by atoms with Crippen molar-refractivity contribution in [1.82, 2.24) is 15.0 Å². The Morgan fingerprint density at radius 2 is 1.81 bits per heavy atom. The van der Waals surface area contributed by atoms with Crippen molar-refractivity contribution in [1.29, 1.82) is 0 Å². The minimum atomic E-state index is -0.333. The normalized spacial score (nSPS) is 11.1. The second-order valence-electron chi connectivity index (χ2n) is 5.71. The summed E-state index contributed by atoms with van der Waals surface area (Å²) >= 11 is 0. The fourth-order valence-corrected chi connectivity index (χ4v) is 2.35. The maximum atomic E-state index is 11.9. The molecule has 3 aromatic rings. The molecule has 0 aliphatic rings. The molecule has 0 saturated heterocycles. The smallest absolute Gasteiger partial charge is 0.277 e. The number of carbonyl (C=O) groups is 1. The van der Waals surface area contributed by atoms with Crippen LogP contribution in [0.4, 0.5) is 0 Å². The summed E-state index contributed by atoms with van der Waals surface area (Å²) in [4.78, 5) is 15.9. The number of hydrogen-bond acceptors (Lipinski definition) is 5. The molecule has 0 radical (unpaired) electrons. The number of ether oxygens (including phenoxy) is 2. The van der Waals surface area contributed by atoms with Gasteiger partial charge in [0.2, 0.25) is 0 Å². The average Bonchev–Trinajstić information content (AvgIpc) is 3.26. The monoisotopic (exact) mass is 364 g/mol. The minimum Gasteiger partial charge on any atom is -0.497 e. The first kappa shape index (κ1) is 18.2. The van der Waals surface area contributed by atoms with E-state index >= 15 is 0 Å². The van der Waals surface area contributed by atoms with Gasteiger partial charge in [0.15, 0.2) is 6.61 Å². The van der Waals surface area contributed by atoms with E-state index in [2.05, 4.69) is 15.5 Å². The van der Waals surface area contributed by atoms with Crippen LogP contribution in [0.25, 0.3) is 5.69 Å². The van der Waals surface area contributed by atoms with E-state index in [0.29, 0.717) is 11.5 Å². The third-order valence-corrected chi connectivity index (χ3v) is 3.87. The number of nitrogens with one attached hydrogen (secondary N) is 1. The third-order valence-electron chi connectivity index (χ3n) is 3.87. The van der Waals surface area contributed by atoms with E-state index in [1.165, 1.54) is 0 Å². The maximum absolute atomic E-state index is 11.9. The zero-order chi connectivity index (χ0) is 19.1. The molecule has 27 heavy (non-hydrogen) atoms. The summed E-state index contributed by atoms with van der Waals surface area (Å²) in [5.41, 5.74) is 5.11. The molecule has 0 spiro atoms. The van der Waals surface area contributed by atoms with Crippen molar-refractivity contribution in [3.8, 4) is 17.2 Å². The summed E-state index contributed by atoms with van der Waals surface area (Å²) in [5, 5.41) is 4.12. The highest BCUT2D eigenvalue weighted by molar-refractivity contribution is 5.99. The first-order valence-electron chi connectivity index (χ1n) is 8.34. The zero-order valence-corrected chi connectivity index (χ0v) is 15.1. The van der Waals surface area contributed by atoms with Gasteiger partial charge in [0, 0.05) is 18.1 Å². The first-order valence-corrected chi connectivity index (χ1v) is 8.34. The second kappa shape index (κ2) is 8.66. The van der Waals surface area contributed by atoms with Gasteiger partial charge in [0.1, 0.15) is 11.5 Å². The number of aromatic nitrogens is 2. The lowest BCUT2D eigenvalue weighted by Crippen LogP contribution is -2.25. The van der Waals surface area contributed by atoms with Crippen LogP contribution < -0.4 is 14.9 Å². The van der Waals surface area contributed by atoms with Crippen molar-refractivity contribution in [2.24, 2.45) is 5.10 Å². The predicted octanol–water partition coefficient (Wildman–Crippen LogP) is 2.80. The number of methoxy groups -OCH3 is 1. The molecule has 0 saturated carbocycles. The third kappa shape index (κ3) is 4.94. The summed E-state index contributed by atoms with van der Waals surface area (Å²) in [6, 6.07) is 14.8. The average molecular weight is 364 g/mol. The first-order chi connectivity index (χ1) is 13.2. The molecular formula is C20H20N4O3. The molecule has 1 amide bonds. The Morgan fingerprint density at radius 3 is 2.44 bits per heavy atom. The van der Waals surface area contributed by atoms with Gasteiger partial charge in [-0.05, 0) is 48.9 Å². The molecule has 138 valence electrons. The highest BCUT2D eigenvalue weighted by atomic mass is 16.5. The van der Waals surface area contributed by atoms with E-state index in [4.69, 9.17) is 9.47 Å². The lowest BCUT2D eigenvalue weighted by Gasteiger charge is -2.07. The van der Waals surface area contributed by atoms with Crippen LogP contribution in [0.3, 0.4) is 0 Å². The Bertz CT molecular complexity index is 901. The van der Waals surface area contributed by atoms with E-state index in [1.807, 2.05) is 42.0 Å². The van der Waals surface area contributed by atoms with Crippen molar-refractivity contribution in [3.63, 3.8) is 0 Å². The van der Waals surface area contributed by atoms with Crippen molar-refractivity contribution in [2.45, 2.75) is 6.92 Å². The van der Waals surface area contributed by atoms with E-state index < -0.39 is 0 Å². The van der Waals surface area contributed by atoms with Crippen LogP contribution in [0.2, 0.25) is 0 Å². The van der Waals surface area contributed by atoms with Crippen LogP contribution in [-0.2, 0) is 4.79 Å². The van der Waals surface area contributed by atoms with E-state index in [1.54, 1.807) is 43.9 Å². The predicted molar refractivity (Wildman–Crippen MR) is 102 cm³/mol. The van der Waals surface area contributed by atoms with Crippen molar-refractivity contribution < 1.29 is 14.3 Å². The standard InChI is InChI=1S/C20H20N4O3/c1-15(16-3-5-17(6-4-16)24-12-11-21-14-24)22-23-20(25)13-27-19-9-7-18(26-2)8-10-19/h3-12,14H,13H2,1-2H3,(H,23,25)/b22-15-. The number of amides is 1. The molecule has 1 N–H and O–H groups in total. The van der Waals surface area contributed by atoms with Gasteiger partial charge in [0.25, 0.3) is 5.91 Å². The van der Waals surface area contributed by atoms with Crippen LogP contribution >= 0.6 is 0 Å². The largest absolute Gasteiger partial charge is 0.497 e. The van der Waals surface area contributed by atoms with Crippen LogP contribution in [0.5, 0.6) is 11.5 Å². The number of hydrazone groups is 1. The minimum absolute atomic E-state index is 0.122. The number of nitrogens with zero attached hydrogens (tertiary/aromatic N) is 3. The van der Waals surface area contributed by atoms with Gasteiger partial charge in [-0.2, -0.15) is 5.10 Å². The van der Waals surface area contributed by atoms with E-state index in [9.17, 15) is 4.79 Å². The van der Waals surface area contributed by atoms with Gasteiger partial charge in [-0.15, -0.1) is 0 Å². The zero-order valence-electron chi connectivity index (χ0n) is 15.1. The molecule has 1 aromatic heterocycles. The Balaban J connectivity index is 1.52. The van der Waals surface area contributed by atoms with Gasteiger partial charge in [0.05, 0.1) is 19.1 Å². The summed E-state index contributed by atoms with van der Waals surface area (Å²) in [5.74, 6) is 0.980. The Hall–Kier alpha value is -3.61. The van der Waals surface area contributed by atoms with Gasteiger partial charge in [-0.1, -0.05) is 12.1 Å². The molecule has 7 nitrogen and oxygen atoms in total. The second-order valence-corrected chi connectivity index (χ2v) is 5.71. The topological polar surface area (TPSA) is 77.7 Å². The van der Waals surface area contributed by atoms with E-state index in [0.717, 1.165) is 17.0 Å².